The molecule has 0 unspecified atom stereocenters. The fourth-order valence-electron chi connectivity index (χ4n) is 0.587. The molecule has 0 saturated carbocycles. The number of aromatic nitrogens is 1. The fraction of sp³-hybridized carbons (Fsp3) is 0.333. The van der Waals surface area contributed by atoms with E-state index in [4.69, 9.17) is 5.73 Å². The lowest BCUT2D eigenvalue weighted by Crippen LogP contribution is -1.97. The van der Waals surface area contributed by atoms with Crippen LogP contribution in [0.4, 0.5) is 0 Å². The largest absolute Gasteiger partial charge is 0.361 e. The van der Waals surface area contributed by atoms with Crippen molar-refractivity contribution in [2.75, 3.05) is 0 Å². The van der Waals surface area contributed by atoms with E-state index in [1.165, 1.54) is 6.07 Å². The summed E-state index contributed by atoms with van der Waals surface area (Å²) < 4.78 is 4.68. The van der Waals surface area contributed by atoms with E-state index in [2.05, 4.69) is 9.68 Å². The molecule has 1 rings (SSSR count). The smallest absolute Gasteiger partial charge is 0.291 e. The molecule has 0 atom stereocenters. The molecule has 1 amide bonds. The number of hydrogen-bond acceptors (Lipinski definition) is 3. The summed E-state index contributed by atoms with van der Waals surface area (Å²) in [5.74, 6) is -0.168. The van der Waals surface area contributed by atoms with Gasteiger partial charge in [0, 0.05) is 12.5 Å². The first-order valence-corrected chi connectivity index (χ1v) is 2.95. The van der Waals surface area contributed by atoms with Crippen LogP contribution in [0.15, 0.2) is 10.6 Å². The summed E-state index contributed by atoms with van der Waals surface area (Å²) in [7, 11) is 0. The average Bonchev–Trinajstić information content (AvgIpc) is 2.34. The molecule has 0 aromatic carbocycles. The summed E-state index contributed by atoms with van der Waals surface area (Å²) in [6, 6.07) is 1.48. The maximum absolute atomic E-state index is 10.3. The Balaban J connectivity index is 2.88. The Labute approximate surface area is 58.0 Å². The van der Waals surface area contributed by atoms with Gasteiger partial charge in [-0.2, -0.15) is 0 Å². The van der Waals surface area contributed by atoms with E-state index in [9.17, 15) is 4.79 Å². The number of hydrogen-bond donors (Lipinski definition) is 0. The van der Waals surface area contributed by atoms with Crippen molar-refractivity contribution in [1.29, 1.82) is 0 Å². The van der Waals surface area contributed by atoms with Crippen molar-refractivity contribution < 1.29 is 9.32 Å². The summed E-state index contributed by atoms with van der Waals surface area (Å²) in [6.45, 7) is 1.89. The second kappa shape index (κ2) is 2.51. The van der Waals surface area contributed by atoms with Crippen molar-refractivity contribution in [3.8, 4) is 0 Å². The number of nitrogens with one attached hydrogen (secondary N) is 1. The van der Waals surface area contributed by atoms with Crippen LogP contribution in [0.2, 0.25) is 0 Å². The van der Waals surface area contributed by atoms with Gasteiger partial charge in [0.1, 0.15) is 5.76 Å². The van der Waals surface area contributed by atoms with Crippen molar-refractivity contribution in [3.05, 3.63) is 17.5 Å². The Morgan fingerprint density at radius 1 is 1.90 bits per heavy atom. The predicted octanol–water partition coefficient (Wildman–Crippen LogP) is 0.660. The monoisotopic (exact) mass is 139 g/mol. The summed E-state index contributed by atoms with van der Waals surface area (Å²) in [5, 5.41) is 3.37. The summed E-state index contributed by atoms with van der Waals surface area (Å²) in [4.78, 5) is 10.3. The Bertz CT molecular complexity index is 242. The zero-order valence-corrected chi connectivity index (χ0v) is 5.55. The molecule has 53 valence electrons. The third kappa shape index (κ3) is 1.15. The van der Waals surface area contributed by atoms with Crippen LogP contribution >= 0.6 is 0 Å². The van der Waals surface area contributed by atoms with Gasteiger partial charge in [-0.25, -0.2) is 0 Å². The van der Waals surface area contributed by atoms with Crippen LogP contribution in [0, 0.1) is 0 Å². The van der Waals surface area contributed by atoms with Crippen LogP contribution in [0.3, 0.4) is 0 Å². The molecule has 1 aromatic heterocycles. The van der Waals surface area contributed by atoms with Crippen molar-refractivity contribution >= 4 is 5.91 Å². The van der Waals surface area contributed by atoms with Crippen LogP contribution in [-0.4, -0.2) is 11.1 Å². The van der Waals surface area contributed by atoms with Crippen LogP contribution in [0.25, 0.3) is 0 Å². The van der Waals surface area contributed by atoms with Crippen LogP contribution in [-0.2, 0) is 6.42 Å². The first kappa shape index (κ1) is 6.80. The summed E-state index contributed by atoms with van der Waals surface area (Å²) in [6.07, 6.45) is 0.695. The molecule has 10 heavy (non-hydrogen) atoms. The van der Waals surface area contributed by atoms with Crippen molar-refractivity contribution in [3.63, 3.8) is 0 Å². The molecule has 1 radical (unpaired) electrons. The van der Waals surface area contributed by atoms with E-state index in [-0.39, 0.29) is 5.69 Å². The van der Waals surface area contributed by atoms with Gasteiger partial charge in [0.2, 0.25) is 0 Å². The fourth-order valence-corrected chi connectivity index (χ4v) is 0.587. The highest BCUT2D eigenvalue weighted by Gasteiger charge is 2.06. The minimum absolute atomic E-state index is 0.0804. The lowest BCUT2D eigenvalue weighted by atomic mass is 10.3. The molecule has 0 aliphatic carbocycles. The molecule has 1 heterocycles. The highest BCUT2D eigenvalue weighted by molar-refractivity contribution is 5.89. The predicted molar refractivity (Wildman–Crippen MR) is 33.3 cm³/mol. The molecule has 4 nitrogen and oxygen atoms in total. The average molecular weight is 139 g/mol. The van der Waals surface area contributed by atoms with E-state index >= 15 is 0 Å². The Morgan fingerprint density at radius 2 is 2.60 bits per heavy atom. The van der Waals surface area contributed by atoms with Gasteiger partial charge in [-0.3, -0.25) is 10.5 Å². The lowest BCUT2D eigenvalue weighted by Gasteiger charge is -1.77. The summed E-state index contributed by atoms with van der Waals surface area (Å²) in [5.41, 5.74) is 6.73. The minimum atomic E-state index is -0.802. The highest BCUT2D eigenvalue weighted by Crippen LogP contribution is 2.02. The number of nitrogens with zero attached hydrogens (tertiary/aromatic N) is 1. The molecule has 0 aliphatic heterocycles. The topological polar surface area (TPSA) is 66.9 Å². The lowest BCUT2D eigenvalue weighted by molar-refractivity contribution is 0.0983. The normalized spacial score (nSPS) is 9.70. The molecule has 0 bridgehead atoms. The van der Waals surface area contributed by atoms with Gasteiger partial charge in [-0.15, -0.1) is 0 Å². The van der Waals surface area contributed by atoms with Crippen LogP contribution < -0.4 is 5.73 Å². The van der Waals surface area contributed by atoms with Crippen LogP contribution in [0.5, 0.6) is 0 Å². The van der Waals surface area contributed by atoms with E-state index in [0.29, 0.717) is 12.2 Å². The third-order valence-corrected chi connectivity index (χ3v) is 1.14. The number of aryl methyl sites for hydroxylation is 1. The molecule has 0 spiro atoms. The van der Waals surface area contributed by atoms with E-state index < -0.39 is 5.91 Å². The number of rotatable bonds is 2. The van der Waals surface area contributed by atoms with Crippen molar-refractivity contribution in [2.24, 2.45) is 0 Å². The molecule has 4 heteroatoms. The maximum atomic E-state index is 10.3. The summed E-state index contributed by atoms with van der Waals surface area (Å²) >= 11 is 0. The number of carbonyl (C=O) groups excluding carboxylic acids is 1. The molecule has 0 saturated heterocycles. The van der Waals surface area contributed by atoms with Gasteiger partial charge >= 0.3 is 0 Å². The Morgan fingerprint density at radius 3 is 2.90 bits per heavy atom. The SMILES string of the molecule is CCc1cc(C([NH])=O)no1. The highest BCUT2D eigenvalue weighted by atomic mass is 16.5. The first-order valence-electron chi connectivity index (χ1n) is 2.95. The van der Waals surface area contributed by atoms with Gasteiger partial charge in [-0.05, 0) is 0 Å². The van der Waals surface area contributed by atoms with Crippen molar-refractivity contribution in [1.82, 2.24) is 10.9 Å². The molecule has 0 fully saturated rings. The van der Waals surface area contributed by atoms with E-state index in [1.807, 2.05) is 6.92 Å². The quantitative estimate of drug-likeness (QED) is 0.604. The molecule has 1 aromatic rings. The van der Waals surface area contributed by atoms with Crippen LogP contribution in [0.1, 0.15) is 23.2 Å². The number of carbonyl (C=O) groups is 1. The first-order chi connectivity index (χ1) is 4.74. The van der Waals surface area contributed by atoms with Gasteiger partial charge < -0.3 is 4.52 Å². The van der Waals surface area contributed by atoms with Gasteiger partial charge in [0.25, 0.3) is 5.91 Å². The van der Waals surface area contributed by atoms with Gasteiger partial charge in [0.05, 0.1) is 0 Å². The standard InChI is InChI=1S/C6H7N2O2/c1-2-4-3-5(6(7)9)8-10-4/h3,7H,2H2,1H3. The second-order valence-electron chi connectivity index (χ2n) is 1.86. The molecule has 1 N–H and O–H groups in total. The molecular weight excluding hydrogens is 132 g/mol. The van der Waals surface area contributed by atoms with Gasteiger partial charge in [-0.1, -0.05) is 12.1 Å². The Hall–Kier alpha value is -1.32. The van der Waals surface area contributed by atoms with E-state index in [1.54, 1.807) is 0 Å². The van der Waals surface area contributed by atoms with Crippen molar-refractivity contribution in [2.45, 2.75) is 13.3 Å². The maximum Gasteiger partial charge on any atom is 0.291 e. The third-order valence-electron chi connectivity index (χ3n) is 1.14. The Kier molecular flexibility index (Phi) is 1.71. The van der Waals surface area contributed by atoms with E-state index in [0.717, 1.165) is 0 Å². The molecular formula is C6H7N2O2. The molecule has 0 aliphatic rings. The minimum Gasteiger partial charge on any atom is -0.361 e. The number of amides is 1. The zero-order chi connectivity index (χ0) is 7.56. The second-order valence-corrected chi connectivity index (χ2v) is 1.86. The zero-order valence-electron chi connectivity index (χ0n) is 5.55. The van der Waals surface area contributed by atoms with Gasteiger partial charge in [0.15, 0.2) is 5.69 Å².